The van der Waals surface area contributed by atoms with Gasteiger partial charge in [0.05, 0.1) is 19.6 Å². The van der Waals surface area contributed by atoms with Crippen molar-refractivity contribution in [2.75, 3.05) is 13.0 Å². The predicted octanol–water partition coefficient (Wildman–Crippen LogP) is 1.35. The molecule has 0 amide bonds. The number of hydrogen-bond donors (Lipinski definition) is 3. The molecule has 0 aliphatic heterocycles. The molecule has 0 aliphatic rings. The Hall–Kier alpha value is -1.30. The minimum Gasteiger partial charge on any atom is -0.496 e. The van der Waals surface area contributed by atoms with Gasteiger partial charge < -0.3 is 20.1 Å². The second-order valence-electron chi connectivity index (χ2n) is 4.14. The highest BCUT2D eigenvalue weighted by molar-refractivity contribution is 6.17. The fourth-order valence-corrected chi connectivity index (χ4v) is 2.00. The molecule has 0 saturated carbocycles. The average Bonchev–Trinajstić information content (AvgIpc) is 2.37. The summed E-state index contributed by atoms with van der Waals surface area (Å²) in [7, 11) is 1.44. The number of rotatable bonds is 7. The SMILES string of the molecule is COc1ccc(CC(=O)O)cc1C(O)C(O)CCCl. The molecule has 0 fully saturated rings. The maximum Gasteiger partial charge on any atom is 0.307 e. The second-order valence-corrected chi connectivity index (χ2v) is 4.51. The smallest absolute Gasteiger partial charge is 0.307 e. The number of ether oxygens (including phenoxy) is 1. The first-order valence-corrected chi connectivity index (χ1v) is 6.33. The van der Waals surface area contributed by atoms with Crippen LogP contribution in [0.3, 0.4) is 0 Å². The van der Waals surface area contributed by atoms with Crippen LogP contribution in [0.15, 0.2) is 18.2 Å². The topological polar surface area (TPSA) is 87.0 Å². The monoisotopic (exact) mass is 288 g/mol. The van der Waals surface area contributed by atoms with E-state index in [2.05, 4.69) is 0 Å². The highest BCUT2D eigenvalue weighted by atomic mass is 35.5. The van der Waals surface area contributed by atoms with Crippen LogP contribution < -0.4 is 4.74 Å². The molecule has 5 nitrogen and oxygen atoms in total. The van der Waals surface area contributed by atoms with Crippen LogP contribution in [-0.4, -0.2) is 40.4 Å². The lowest BCUT2D eigenvalue weighted by molar-refractivity contribution is -0.136. The van der Waals surface area contributed by atoms with Crippen LogP contribution in [0.2, 0.25) is 0 Å². The number of alkyl halides is 1. The summed E-state index contributed by atoms with van der Waals surface area (Å²) >= 11 is 5.52. The molecule has 2 atom stereocenters. The van der Waals surface area contributed by atoms with E-state index in [0.29, 0.717) is 16.9 Å². The zero-order chi connectivity index (χ0) is 14.4. The van der Waals surface area contributed by atoms with Gasteiger partial charge in [0.1, 0.15) is 11.9 Å². The molecular weight excluding hydrogens is 272 g/mol. The summed E-state index contributed by atoms with van der Waals surface area (Å²) in [6, 6.07) is 4.70. The maximum absolute atomic E-state index is 10.7. The average molecular weight is 289 g/mol. The molecule has 3 N–H and O–H groups in total. The van der Waals surface area contributed by atoms with E-state index in [1.54, 1.807) is 12.1 Å². The molecule has 0 aliphatic carbocycles. The first-order chi connectivity index (χ1) is 8.99. The molecule has 2 unspecified atom stereocenters. The number of carboxylic acids is 1. The van der Waals surface area contributed by atoms with Gasteiger partial charge in [-0.15, -0.1) is 11.6 Å². The molecule has 19 heavy (non-hydrogen) atoms. The first-order valence-electron chi connectivity index (χ1n) is 5.80. The minimum absolute atomic E-state index is 0.157. The molecule has 1 aromatic rings. The molecule has 1 aromatic carbocycles. The fraction of sp³-hybridized carbons (Fsp3) is 0.462. The van der Waals surface area contributed by atoms with Crippen molar-refractivity contribution in [2.24, 2.45) is 0 Å². The van der Waals surface area contributed by atoms with Gasteiger partial charge in [0, 0.05) is 11.4 Å². The normalized spacial score (nSPS) is 13.9. The third-order valence-electron chi connectivity index (χ3n) is 2.74. The Bertz CT molecular complexity index is 435. The van der Waals surface area contributed by atoms with Crippen LogP contribution in [0, 0.1) is 0 Å². The number of methoxy groups -OCH3 is 1. The first kappa shape index (κ1) is 15.8. The van der Waals surface area contributed by atoms with Crippen molar-refractivity contribution >= 4 is 17.6 Å². The molecule has 0 bridgehead atoms. The Morgan fingerprint density at radius 1 is 1.42 bits per heavy atom. The third-order valence-corrected chi connectivity index (χ3v) is 2.96. The zero-order valence-corrected chi connectivity index (χ0v) is 11.3. The van der Waals surface area contributed by atoms with Crippen LogP contribution in [-0.2, 0) is 11.2 Å². The molecule has 0 heterocycles. The number of hydrogen-bond acceptors (Lipinski definition) is 4. The number of benzene rings is 1. The molecule has 6 heteroatoms. The maximum atomic E-state index is 10.7. The lowest BCUT2D eigenvalue weighted by atomic mass is 9.98. The van der Waals surface area contributed by atoms with Crippen molar-refractivity contribution in [1.82, 2.24) is 0 Å². The molecule has 0 saturated heterocycles. The van der Waals surface area contributed by atoms with Crippen molar-refractivity contribution in [3.05, 3.63) is 29.3 Å². The van der Waals surface area contributed by atoms with Crippen LogP contribution in [0.25, 0.3) is 0 Å². The van der Waals surface area contributed by atoms with Crippen molar-refractivity contribution in [3.8, 4) is 5.75 Å². The molecule has 0 radical (unpaired) electrons. The zero-order valence-electron chi connectivity index (χ0n) is 10.5. The lowest BCUT2D eigenvalue weighted by Crippen LogP contribution is -2.19. The van der Waals surface area contributed by atoms with Gasteiger partial charge in [0.25, 0.3) is 0 Å². The minimum atomic E-state index is -1.16. The highest BCUT2D eigenvalue weighted by Gasteiger charge is 2.22. The second kappa shape index (κ2) is 7.33. The molecule has 106 valence electrons. The molecule has 0 aromatic heterocycles. The largest absolute Gasteiger partial charge is 0.496 e. The van der Waals surface area contributed by atoms with Gasteiger partial charge in [-0.1, -0.05) is 6.07 Å². The van der Waals surface area contributed by atoms with Crippen LogP contribution in [0.4, 0.5) is 0 Å². The van der Waals surface area contributed by atoms with Gasteiger partial charge in [0.15, 0.2) is 0 Å². The third kappa shape index (κ3) is 4.38. The van der Waals surface area contributed by atoms with Crippen molar-refractivity contribution < 1.29 is 24.9 Å². The van der Waals surface area contributed by atoms with Gasteiger partial charge in [-0.05, 0) is 24.1 Å². The highest BCUT2D eigenvalue weighted by Crippen LogP contribution is 2.29. The summed E-state index contributed by atoms with van der Waals surface area (Å²) in [5.74, 6) is -0.350. The summed E-state index contributed by atoms with van der Waals surface area (Å²) in [6.07, 6.45) is -2.11. The van der Waals surface area contributed by atoms with Crippen molar-refractivity contribution in [1.29, 1.82) is 0 Å². The lowest BCUT2D eigenvalue weighted by Gasteiger charge is -2.20. The Morgan fingerprint density at radius 2 is 2.11 bits per heavy atom. The van der Waals surface area contributed by atoms with E-state index in [0.717, 1.165) is 0 Å². The molecule has 1 rings (SSSR count). The molecule has 0 spiro atoms. The Kier molecular flexibility index (Phi) is 6.08. The Morgan fingerprint density at radius 3 is 2.63 bits per heavy atom. The number of aliphatic carboxylic acids is 1. The van der Waals surface area contributed by atoms with E-state index >= 15 is 0 Å². The van der Waals surface area contributed by atoms with Gasteiger partial charge in [-0.3, -0.25) is 4.79 Å². The van der Waals surface area contributed by atoms with E-state index in [1.807, 2.05) is 0 Å². The number of aliphatic hydroxyl groups excluding tert-OH is 2. The summed E-state index contributed by atoms with van der Waals surface area (Å²) in [5.41, 5.74) is 0.888. The number of carboxylic acid groups (broad SMARTS) is 1. The van der Waals surface area contributed by atoms with Crippen LogP contribution >= 0.6 is 11.6 Å². The number of aliphatic hydroxyl groups is 2. The van der Waals surface area contributed by atoms with E-state index in [9.17, 15) is 15.0 Å². The van der Waals surface area contributed by atoms with E-state index in [1.165, 1.54) is 13.2 Å². The number of carbonyl (C=O) groups is 1. The Labute approximate surface area is 116 Å². The fourth-order valence-electron chi connectivity index (χ4n) is 1.78. The molecular formula is C13H17ClO5. The van der Waals surface area contributed by atoms with E-state index in [-0.39, 0.29) is 18.7 Å². The van der Waals surface area contributed by atoms with Gasteiger partial charge in [-0.2, -0.15) is 0 Å². The van der Waals surface area contributed by atoms with Crippen molar-refractivity contribution in [3.63, 3.8) is 0 Å². The van der Waals surface area contributed by atoms with Crippen LogP contribution in [0.5, 0.6) is 5.75 Å². The standard InChI is InChI=1S/C13H17ClO5/c1-19-11-3-2-8(7-12(16)17)6-9(11)13(18)10(15)4-5-14/h2-3,6,10,13,15,18H,4-5,7H2,1H3,(H,16,17). The summed E-state index contributed by atoms with van der Waals surface area (Å²) in [5, 5.41) is 28.6. The summed E-state index contributed by atoms with van der Waals surface area (Å²) < 4.78 is 5.10. The van der Waals surface area contributed by atoms with Crippen molar-refractivity contribution in [2.45, 2.75) is 25.0 Å². The Balaban J connectivity index is 3.04. The number of halogens is 1. The van der Waals surface area contributed by atoms with E-state index in [4.69, 9.17) is 21.4 Å². The van der Waals surface area contributed by atoms with Gasteiger partial charge >= 0.3 is 5.97 Å². The van der Waals surface area contributed by atoms with Gasteiger partial charge in [0.2, 0.25) is 0 Å². The van der Waals surface area contributed by atoms with E-state index < -0.39 is 18.2 Å². The summed E-state index contributed by atoms with van der Waals surface area (Å²) in [4.78, 5) is 10.7. The van der Waals surface area contributed by atoms with Gasteiger partial charge in [-0.25, -0.2) is 0 Å². The summed E-state index contributed by atoms with van der Waals surface area (Å²) in [6.45, 7) is 0. The van der Waals surface area contributed by atoms with Crippen LogP contribution in [0.1, 0.15) is 23.7 Å². The quantitative estimate of drug-likeness (QED) is 0.659. The predicted molar refractivity (Wildman–Crippen MR) is 70.6 cm³/mol.